The van der Waals surface area contributed by atoms with Crippen molar-refractivity contribution in [3.63, 3.8) is 0 Å². The average molecular weight is 430 g/mol. The highest BCUT2D eigenvalue weighted by atomic mass is 16.5. The van der Waals surface area contributed by atoms with Crippen molar-refractivity contribution in [2.45, 2.75) is 31.1 Å². The fourth-order valence-electron chi connectivity index (χ4n) is 5.05. The van der Waals surface area contributed by atoms with Crippen LogP contribution in [0.3, 0.4) is 0 Å². The minimum absolute atomic E-state index is 0.107. The van der Waals surface area contributed by atoms with E-state index in [0.29, 0.717) is 6.61 Å². The lowest BCUT2D eigenvalue weighted by molar-refractivity contribution is 0.183. The van der Waals surface area contributed by atoms with E-state index in [4.69, 9.17) is 9.47 Å². The molecule has 3 aromatic rings. The van der Waals surface area contributed by atoms with Crippen molar-refractivity contribution in [2.75, 3.05) is 32.8 Å². The molecule has 0 radical (unpaired) electrons. The van der Waals surface area contributed by atoms with E-state index in [9.17, 15) is 5.11 Å². The van der Waals surface area contributed by atoms with Gasteiger partial charge in [-0.25, -0.2) is 0 Å². The molecule has 0 aromatic heterocycles. The quantitative estimate of drug-likeness (QED) is 0.557. The summed E-state index contributed by atoms with van der Waals surface area (Å²) in [5, 5.41) is 10.2. The molecule has 1 saturated heterocycles. The minimum Gasteiger partial charge on any atom is -0.508 e. The van der Waals surface area contributed by atoms with E-state index < -0.39 is 0 Å². The van der Waals surface area contributed by atoms with Gasteiger partial charge in [-0.05, 0) is 67.4 Å². The van der Waals surface area contributed by atoms with E-state index in [0.717, 1.165) is 30.2 Å². The lowest BCUT2D eigenvalue weighted by Crippen LogP contribution is -2.33. The van der Waals surface area contributed by atoms with Crippen LogP contribution in [-0.2, 0) is 0 Å². The van der Waals surface area contributed by atoms with Crippen molar-refractivity contribution in [3.8, 4) is 17.2 Å². The molecule has 4 nitrogen and oxygen atoms in total. The van der Waals surface area contributed by atoms with Crippen LogP contribution in [0.2, 0.25) is 0 Å². The molecule has 1 N–H and O–H groups in total. The smallest absolute Gasteiger partial charge is 0.123 e. The van der Waals surface area contributed by atoms with E-state index >= 15 is 0 Å². The first-order valence-corrected chi connectivity index (χ1v) is 11.7. The highest BCUT2D eigenvalue weighted by Gasteiger charge is 2.33. The van der Waals surface area contributed by atoms with Crippen LogP contribution in [0.1, 0.15) is 47.8 Å². The second-order valence-electron chi connectivity index (χ2n) is 8.85. The van der Waals surface area contributed by atoms with Crippen molar-refractivity contribution in [1.82, 2.24) is 4.90 Å². The fraction of sp³-hybridized carbons (Fsp3) is 0.357. The number of rotatable bonds is 6. The van der Waals surface area contributed by atoms with Gasteiger partial charge in [0.05, 0.1) is 6.61 Å². The summed E-state index contributed by atoms with van der Waals surface area (Å²) in [6, 6.07) is 24.4. The number of piperidine rings is 1. The first-order chi connectivity index (χ1) is 15.8. The van der Waals surface area contributed by atoms with E-state index in [1.54, 1.807) is 6.07 Å². The summed E-state index contributed by atoms with van der Waals surface area (Å²) in [5.41, 5.74) is 3.48. The topological polar surface area (TPSA) is 41.9 Å². The summed E-state index contributed by atoms with van der Waals surface area (Å²) in [5.74, 6) is 2.31. The molecule has 2 heterocycles. The molecule has 5 rings (SSSR count). The Morgan fingerprint density at radius 3 is 2.44 bits per heavy atom. The third-order valence-electron chi connectivity index (χ3n) is 6.74. The normalized spacial score (nSPS) is 20.9. The first-order valence-electron chi connectivity index (χ1n) is 11.7. The van der Waals surface area contributed by atoms with Crippen LogP contribution in [0.4, 0.5) is 0 Å². The minimum atomic E-state index is 0.107. The van der Waals surface area contributed by atoms with Crippen LogP contribution >= 0.6 is 0 Å². The number of fused-ring (bicyclic) bond motifs is 1. The standard InChI is InChI=1S/C28H31NO3/c30-23-11-14-27-25(19-23)28(26(20-32-27)21-7-3-1-4-8-21)22-9-12-24(13-10-22)31-18-17-29-15-5-2-6-16-29/h1,3-4,7-14,19,26,28,30H,2,5-6,15-18,20H2/t26-,28-/m0/s1. The first kappa shape index (κ1) is 20.9. The van der Waals surface area contributed by atoms with Gasteiger partial charge in [-0.3, -0.25) is 4.90 Å². The molecule has 166 valence electrons. The molecule has 32 heavy (non-hydrogen) atoms. The number of phenolic OH excluding ortho intramolecular Hbond substituents is 1. The number of ether oxygens (including phenoxy) is 2. The van der Waals surface area contributed by atoms with E-state index in [2.05, 4.69) is 53.4 Å². The molecule has 3 aromatic carbocycles. The van der Waals surface area contributed by atoms with E-state index in [-0.39, 0.29) is 17.6 Å². The number of hydrogen-bond donors (Lipinski definition) is 1. The molecule has 0 aliphatic carbocycles. The maximum atomic E-state index is 10.2. The van der Waals surface area contributed by atoms with Crippen LogP contribution in [-0.4, -0.2) is 42.9 Å². The number of hydrogen-bond acceptors (Lipinski definition) is 4. The van der Waals surface area contributed by atoms with Gasteiger partial charge in [0.15, 0.2) is 0 Å². The number of phenols is 1. The SMILES string of the molecule is Oc1ccc2c(c1)[C@H](c1ccc(OCCN3CCCCC3)cc1)[C@H](c1ccccc1)CO2. The summed E-state index contributed by atoms with van der Waals surface area (Å²) < 4.78 is 12.1. The largest absolute Gasteiger partial charge is 0.508 e. The van der Waals surface area contributed by atoms with Crippen LogP contribution in [0.15, 0.2) is 72.8 Å². The number of nitrogens with zero attached hydrogens (tertiary/aromatic N) is 1. The molecule has 0 saturated carbocycles. The van der Waals surface area contributed by atoms with Crippen LogP contribution in [0, 0.1) is 0 Å². The molecule has 4 heteroatoms. The summed E-state index contributed by atoms with van der Waals surface area (Å²) in [6.07, 6.45) is 3.97. The van der Waals surface area contributed by atoms with Crippen molar-refractivity contribution < 1.29 is 14.6 Å². The lowest BCUT2D eigenvalue weighted by Gasteiger charge is -2.34. The molecular formula is C28H31NO3. The highest BCUT2D eigenvalue weighted by Crippen LogP contribution is 2.47. The Balaban J connectivity index is 1.36. The highest BCUT2D eigenvalue weighted by molar-refractivity contribution is 5.51. The molecular weight excluding hydrogens is 398 g/mol. The van der Waals surface area contributed by atoms with Gasteiger partial charge in [0.2, 0.25) is 0 Å². The maximum absolute atomic E-state index is 10.2. The van der Waals surface area contributed by atoms with Crippen LogP contribution < -0.4 is 9.47 Å². The van der Waals surface area contributed by atoms with Crippen molar-refractivity contribution in [3.05, 3.63) is 89.5 Å². The third-order valence-corrected chi connectivity index (χ3v) is 6.74. The predicted octanol–water partition coefficient (Wildman–Crippen LogP) is 5.57. The second kappa shape index (κ2) is 9.66. The molecule has 2 aliphatic heterocycles. The Morgan fingerprint density at radius 1 is 0.875 bits per heavy atom. The third kappa shape index (κ3) is 4.61. The van der Waals surface area contributed by atoms with Crippen molar-refractivity contribution >= 4 is 0 Å². The van der Waals surface area contributed by atoms with Gasteiger partial charge in [-0.2, -0.15) is 0 Å². The van der Waals surface area contributed by atoms with Gasteiger partial charge in [0.1, 0.15) is 23.9 Å². The second-order valence-corrected chi connectivity index (χ2v) is 8.85. The Morgan fingerprint density at radius 2 is 1.66 bits per heavy atom. The Hall–Kier alpha value is -2.98. The van der Waals surface area contributed by atoms with Gasteiger partial charge in [0.25, 0.3) is 0 Å². The maximum Gasteiger partial charge on any atom is 0.123 e. The zero-order chi connectivity index (χ0) is 21.8. The van der Waals surface area contributed by atoms with Gasteiger partial charge in [-0.15, -0.1) is 0 Å². The zero-order valence-electron chi connectivity index (χ0n) is 18.5. The predicted molar refractivity (Wildman–Crippen MR) is 127 cm³/mol. The Labute approximate surface area is 190 Å². The molecule has 0 spiro atoms. The molecule has 1 fully saturated rings. The number of aromatic hydroxyl groups is 1. The summed E-state index contributed by atoms with van der Waals surface area (Å²) in [4.78, 5) is 2.49. The van der Waals surface area contributed by atoms with Crippen molar-refractivity contribution in [1.29, 1.82) is 0 Å². The van der Waals surface area contributed by atoms with Gasteiger partial charge < -0.3 is 14.6 Å². The molecule has 0 bridgehead atoms. The average Bonchev–Trinajstić information content (AvgIpc) is 2.85. The molecule has 2 aliphatic rings. The Kier molecular flexibility index (Phi) is 6.31. The van der Waals surface area contributed by atoms with Gasteiger partial charge >= 0.3 is 0 Å². The van der Waals surface area contributed by atoms with Crippen LogP contribution in [0.25, 0.3) is 0 Å². The summed E-state index contributed by atoms with van der Waals surface area (Å²) >= 11 is 0. The van der Waals surface area contributed by atoms with E-state index in [1.807, 2.05) is 18.2 Å². The fourth-order valence-corrected chi connectivity index (χ4v) is 5.05. The molecule has 0 amide bonds. The van der Waals surface area contributed by atoms with Crippen LogP contribution in [0.5, 0.6) is 17.2 Å². The number of benzene rings is 3. The van der Waals surface area contributed by atoms with E-state index in [1.165, 1.54) is 43.5 Å². The van der Waals surface area contributed by atoms with Gasteiger partial charge in [0, 0.05) is 23.9 Å². The summed E-state index contributed by atoms with van der Waals surface area (Å²) in [7, 11) is 0. The van der Waals surface area contributed by atoms with Crippen molar-refractivity contribution in [2.24, 2.45) is 0 Å². The van der Waals surface area contributed by atoms with Gasteiger partial charge in [-0.1, -0.05) is 48.9 Å². The molecule has 2 atom stereocenters. The Bertz CT molecular complexity index is 1010. The summed E-state index contributed by atoms with van der Waals surface area (Å²) in [6.45, 7) is 4.71. The lowest BCUT2D eigenvalue weighted by atomic mass is 9.76. The number of likely N-dealkylation sites (tertiary alicyclic amines) is 1. The monoisotopic (exact) mass is 429 g/mol. The zero-order valence-corrected chi connectivity index (χ0v) is 18.5. The molecule has 0 unspecified atom stereocenters.